The van der Waals surface area contributed by atoms with Crippen molar-refractivity contribution >= 4 is 28.6 Å². The lowest BCUT2D eigenvalue weighted by atomic mass is 10.1. The van der Waals surface area contributed by atoms with Crippen molar-refractivity contribution in [3.63, 3.8) is 0 Å². The van der Waals surface area contributed by atoms with Crippen LogP contribution >= 0.6 is 11.6 Å². The van der Waals surface area contributed by atoms with Crippen molar-refractivity contribution in [1.29, 1.82) is 0 Å². The third kappa shape index (κ3) is 3.78. The molecule has 140 valence electrons. The molecule has 0 spiro atoms. The Morgan fingerprint density at radius 2 is 1.68 bits per heavy atom. The number of nitrogens with one attached hydrogen (secondary N) is 1. The molecule has 0 aliphatic carbocycles. The van der Waals surface area contributed by atoms with Gasteiger partial charge >= 0.3 is 0 Å². The molecule has 1 amide bonds. The van der Waals surface area contributed by atoms with Crippen molar-refractivity contribution in [2.45, 2.75) is 20.4 Å². The van der Waals surface area contributed by atoms with Crippen molar-refractivity contribution in [3.8, 4) is 11.5 Å². The van der Waals surface area contributed by atoms with Crippen molar-refractivity contribution in [2.24, 2.45) is 0 Å². The fraction of sp³-hybridized carbons (Fsp3) is 0.130. The van der Waals surface area contributed by atoms with E-state index in [1.165, 1.54) is 11.1 Å². The molecule has 0 saturated carbocycles. The predicted octanol–water partition coefficient (Wildman–Crippen LogP) is 5.70. The number of carbonyl (C=O) groups is 1. The zero-order chi connectivity index (χ0) is 19.7. The number of nitrogens with zero attached hydrogens (tertiary/aromatic N) is 1. The molecule has 28 heavy (non-hydrogen) atoms. The molecule has 5 heteroatoms. The Balaban J connectivity index is 1.46. The first-order valence-corrected chi connectivity index (χ1v) is 9.38. The molecule has 1 aromatic heterocycles. The van der Waals surface area contributed by atoms with E-state index in [1.807, 2.05) is 36.4 Å². The van der Waals surface area contributed by atoms with E-state index in [-0.39, 0.29) is 5.91 Å². The minimum absolute atomic E-state index is 0.134. The fourth-order valence-corrected chi connectivity index (χ4v) is 3.08. The molecule has 0 atom stereocenters. The first-order valence-electron chi connectivity index (χ1n) is 9.00. The number of hydrogen-bond acceptors (Lipinski definition) is 3. The monoisotopic (exact) mass is 390 g/mol. The predicted molar refractivity (Wildman–Crippen MR) is 112 cm³/mol. The van der Waals surface area contributed by atoms with E-state index < -0.39 is 0 Å². The molecule has 0 aliphatic rings. The number of benzene rings is 3. The van der Waals surface area contributed by atoms with Gasteiger partial charge < -0.3 is 9.73 Å². The Bertz CT molecular complexity index is 1110. The summed E-state index contributed by atoms with van der Waals surface area (Å²) >= 11 is 5.85. The highest BCUT2D eigenvalue weighted by Crippen LogP contribution is 2.26. The second kappa shape index (κ2) is 7.49. The van der Waals surface area contributed by atoms with Crippen molar-refractivity contribution in [2.75, 3.05) is 0 Å². The quantitative estimate of drug-likeness (QED) is 0.486. The van der Waals surface area contributed by atoms with E-state index in [4.69, 9.17) is 16.0 Å². The Hall–Kier alpha value is -3.11. The first-order chi connectivity index (χ1) is 13.5. The number of aromatic nitrogens is 1. The van der Waals surface area contributed by atoms with Gasteiger partial charge in [-0.3, -0.25) is 4.79 Å². The summed E-state index contributed by atoms with van der Waals surface area (Å²) in [7, 11) is 0. The van der Waals surface area contributed by atoms with E-state index in [9.17, 15) is 4.79 Å². The second-order valence-corrected chi connectivity index (χ2v) is 7.25. The summed E-state index contributed by atoms with van der Waals surface area (Å²) < 4.78 is 5.90. The minimum Gasteiger partial charge on any atom is -0.436 e. The summed E-state index contributed by atoms with van der Waals surface area (Å²) in [6.45, 7) is 4.56. The summed E-state index contributed by atoms with van der Waals surface area (Å²) in [5.41, 5.74) is 6.50. The zero-order valence-corrected chi connectivity index (χ0v) is 16.4. The van der Waals surface area contributed by atoms with Crippen molar-refractivity contribution < 1.29 is 9.21 Å². The van der Waals surface area contributed by atoms with Crippen LogP contribution in [0.25, 0.3) is 22.6 Å². The fourth-order valence-electron chi connectivity index (χ4n) is 2.95. The van der Waals surface area contributed by atoms with Gasteiger partial charge in [-0.05, 0) is 79.1 Å². The lowest BCUT2D eigenvalue weighted by molar-refractivity contribution is 0.0951. The highest BCUT2D eigenvalue weighted by atomic mass is 35.5. The highest BCUT2D eigenvalue weighted by Gasteiger charge is 2.10. The zero-order valence-electron chi connectivity index (χ0n) is 15.6. The molecular formula is C23H19ClN2O2. The number of rotatable bonds is 4. The van der Waals surface area contributed by atoms with Gasteiger partial charge in [-0.25, -0.2) is 4.98 Å². The van der Waals surface area contributed by atoms with Crippen LogP contribution in [-0.4, -0.2) is 10.9 Å². The van der Waals surface area contributed by atoms with E-state index in [2.05, 4.69) is 24.1 Å². The largest absolute Gasteiger partial charge is 0.436 e. The molecule has 4 rings (SSSR count). The van der Waals surface area contributed by atoms with Gasteiger partial charge in [0.15, 0.2) is 5.58 Å². The summed E-state index contributed by atoms with van der Waals surface area (Å²) in [6, 6.07) is 18.7. The summed E-state index contributed by atoms with van der Waals surface area (Å²) in [4.78, 5) is 16.8. The first kappa shape index (κ1) is 18.3. The Labute approximate surface area is 168 Å². The smallest absolute Gasteiger partial charge is 0.251 e. The average molecular weight is 391 g/mol. The van der Waals surface area contributed by atoms with Gasteiger partial charge in [0, 0.05) is 22.7 Å². The van der Waals surface area contributed by atoms with Crippen LogP contribution in [-0.2, 0) is 6.54 Å². The summed E-state index contributed by atoms with van der Waals surface area (Å²) in [5, 5.41) is 3.51. The van der Waals surface area contributed by atoms with Crippen LogP contribution in [0.4, 0.5) is 0 Å². The van der Waals surface area contributed by atoms with Crippen LogP contribution in [0.3, 0.4) is 0 Å². The van der Waals surface area contributed by atoms with Crippen LogP contribution in [0.2, 0.25) is 5.02 Å². The van der Waals surface area contributed by atoms with Gasteiger partial charge in [0.25, 0.3) is 5.91 Å². The number of fused-ring (bicyclic) bond motifs is 1. The SMILES string of the molecule is Cc1cc2nc(-c3ccc(CNC(=O)c4ccc(Cl)cc4)cc3)oc2cc1C. The molecule has 0 unspecified atom stereocenters. The van der Waals surface area contributed by atoms with E-state index in [0.29, 0.717) is 23.0 Å². The normalized spacial score (nSPS) is 11.0. The van der Waals surface area contributed by atoms with E-state index in [0.717, 1.165) is 22.2 Å². The number of aryl methyl sites for hydroxylation is 2. The van der Waals surface area contributed by atoms with Crippen LogP contribution in [0.5, 0.6) is 0 Å². The standard InChI is InChI=1S/C23H19ClN2O2/c1-14-11-20-21(12-15(14)2)28-23(26-20)18-5-3-16(4-6-18)13-25-22(27)17-7-9-19(24)10-8-17/h3-12H,13H2,1-2H3,(H,25,27). The maximum atomic E-state index is 12.2. The number of carbonyl (C=O) groups excluding carboxylic acids is 1. The van der Waals surface area contributed by atoms with Gasteiger partial charge in [-0.15, -0.1) is 0 Å². The molecule has 0 aliphatic heterocycles. The van der Waals surface area contributed by atoms with Gasteiger partial charge in [-0.1, -0.05) is 23.7 Å². The lowest BCUT2D eigenvalue weighted by Gasteiger charge is -2.06. The number of oxazole rings is 1. The van der Waals surface area contributed by atoms with Crippen LogP contribution in [0, 0.1) is 13.8 Å². The molecule has 3 aromatic carbocycles. The maximum absolute atomic E-state index is 12.2. The lowest BCUT2D eigenvalue weighted by Crippen LogP contribution is -2.22. The molecule has 0 bridgehead atoms. The Kier molecular flexibility index (Phi) is 4.88. The van der Waals surface area contributed by atoms with Gasteiger partial charge in [-0.2, -0.15) is 0 Å². The van der Waals surface area contributed by atoms with Gasteiger partial charge in [0.2, 0.25) is 5.89 Å². The van der Waals surface area contributed by atoms with Crippen LogP contribution in [0.1, 0.15) is 27.0 Å². The molecule has 0 fully saturated rings. The molecular weight excluding hydrogens is 372 g/mol. The van der Waals surface area contributed by atoms with E-state index >= 15 is 0 Å². The number of hydrogen-bond donors (Lipinski definition) is 1. The molecule has 1 N–H and O–H groups in total. The average Bonchev–Trinajstić information content (AvgIpc) is 3.10. The van der Waals surface area contributed by atoms with Gasteiger partial charge in [0.1, 0.15) is 5.52 Å². The maximum Gasteiger partial charge on any atom is 0.251 e. The molecule has 4 nitrogen and oxygen atoms in total. The second-order valence-electron chi connectivity index (χ2n) is 6.81. The van der Waals surface area contributed by atoms with E-state index in [1.54, 1.807) is 24.3 Å². The van der Waals surface area contributed by atoms with Gasteiger partial charge in [0.05, 0.1) is 0 Å². The van der Waals surface area contributed by atoms with Crippen molar-refractivity contribution in [1.82, 2.24) is 10.3 Å². The van der Waals surface area contributed by atoms with Crippen LogP contribution < -0.4 is 5.32 Å². The minimum atomic E-state index is -0.134. The molecule has 4 aromatic rings. The third-order valence-corrected chi connectivity index (χ3v) is 5.02. The number of amides is 1. The number of halogens is 1. The molecule has 0 saturated heterocycles. The Morgan fingerprint density at radius 3 is 2.39 bits per heavy atom. The third-order valence-electron chi connectivity index (χ3n) is 4.76. The Morgan fingerprint density at radius 1 is 1.00 bits per heavy atom. The van der Waals surface area contributed by atoms with Crippen molar-refractivity contribution in [3.05, 3.63) is 87.9 Å². The summed E-state index contributed by atoms with van der Waals surface area (Å²) in [5.74, 6) is 0.460. The molecule has 1 heterocycles. The molecule has 0 radical (unpaired) electrons. The topological polar surface area (TPSA) is 55.1 Å². The summed E-state index contributed by atoms with van der Waals surface area (Å²) in [6.07, 6.45) is 0. The highest BCUT2D eigenvalue weighted by molar-refractivity contribution is 6.30. The van der Waals surface area contributed by atoms with Crippen LogP contribution in [0.15, 0.2) is 65.1 Å².